The molecule has 1 atom stereocenters. The van der Waals surface area contributed by atoms with Gasteiger partial charge in [0.25, 0.3) is 0 Å². The van der Waals surface area contributed by atoms with Crippen LogP contribution in [0.2, 0.25) is 0 Å². The normalized spacial score (nSPS) is 12.2. The smallest absolute Gasteiger partial charge is 0.387 e. The van der Waals surface area contributed by atoms with Gasteiger partial charge >= 0.3 is 6.61 Å². The minimum Gasteiger partial charge on any atom is -0.434 e. The Labute approximate surface area is 104 Å². The first kappa shape index (κ1) is 14.4. The zero-order valence-corrected chi connectivity index (χ0v) is 9.90. The summed E-state index contributed by atoms with van der Waals surface area (Å²) in [7, 11) is 1.54. The fraction of sp³-hybridized carbons (Fsp3) is 0.417. The lowest BCUT2D eigenvalue weighted by atomic mass is 10.1. The van der Waals surface area contributed by atoms with Crippen LogP contribution in [0.5, 0.6) is 5.75 Å². The van der Waals surface area contributed by atoms with Gasteiger partial charge in [0, 0.05) is 19.2 Å². The zero-order chi connectivity index (χ0) is 13.4. The number of alkyl halides is 2. The van der Waals surface area contributed by atoms with Gasteiger partial charge in [-0.05, 0) is 6.07 Å². The second-order valence-corrected chi connectivity index (χ2v) is 3.43. The maximum Gasteiger partial charge on any atom is 0.387 e. The molecule has 0 spiro atoms. The number of methoxy groups -OCH3 is 1. The van der Waals surface area contributed by atoms with E-state index < -0.39 is 12.7 Å². The largest absolute Gasteiger partial charge is 0.434 e. The molecule has 0 amide bonds. The van der Waals surface area contributed by atoms with Crippen molar-refractivity contribution in [3.05, 3.63) is 29.8 Å². The number of halogens is 2. The molecule has 1 N–H and O–H groups in total. The van der Waals surface area contributed by atoms with Gasteiger partial charge in [0.1, 0.15) is 11.8 Å². The Morgan fingerprint density at radius 2 is 2.11 bits per heavy atom. The van der Waals surface area contributed by atoms with Crippen LogP contribution in [0.4, 0.5) is 8.78 Å². The van der Waals surface area contributed by atoms with E-state index in [-0.39, 0.29) is 5.75 Å². The molecule has 0 heterocycles. The first-order valence-corrected chi connectivity index (χ1v) is 5.34. The van der Waals surface area contributed by atoms with Gasteiger partial charge in [-0.2, -0.15) is 14.0 Å². The quantitative estimate of drug-likeness (QED) is 0.759. The summed E-state index contributed by atoms with van der Waals surface area (Å²) in [5.74, 6) is 0.00367. The van der Waals surface area contributed by atoms with E-state index in [9.17, 15) is 8.78 Å². The standard InChI is InChI=1S/C12H14F2N2O2/c1-17-7-6-16-10(8-15)9-4-2-3-5-11(9)18-12(13)14/h2-5,10,12,16H,6-7H2,1H3. The number of benzene rings is 1. The van der Waals surface area contributed by atoms with Crippen molar-refractivity contribution in [2.45, 2.75) is 12.7 Å². The third-order valence-corrected chi connectivity index (χ3v) is 2.23. The molecule has 0 fully saturated rings. The molecule has 0 aliphatic heterocycles. The molecule has 0 bridgehead atoms. The molecule has 1 aromatic rings. The van der Waals surface area contributed by atoms with Crippen LogP contribution in [0.15, 0.2) is 24.3 Å². The van der Waals surface area contributed by atoms with Crippen LogP contribution in [-0.4, -0.2) is 26.9 Å². The van der Waals surface area contributed by atoms with Gasteiger partial charge in [0.2, 0.25) is 0 Å². The average Bonchev–Trinajstić information content (AvgIpc) is 2.35. The Kier molecular flexibility index (Phi) is 6.05. The van der Waals surface area contributed by atoms with Crippen LogP contribution in [0.1, 0.15) is 11.6 Å². The molecule has 1 unspecified atom stereocenters. The topological polar surface area (TPSA) is 54.3 Å². The number of ether oxygens (including phenoxy) is 2. The van der Waals surface area contributed by atoms with Crippen molar-refractivity contribution in [2.75, 3.05) is 20.3 Å². The predicted octanol–water partition coefficient (Wildman–Crippen LogP) is 2.09. The molecule has 0 aliphatic carbocycles. The summed E-state index contributed by atoms with van der Waals surface area (Å²) >= 11 is 0. The van der Waals surface area contributed by atoms with Gasteiger partial charge in [0.15, 0.2) is 0 Å². The summed E-state index contributed by atoms with van der Waals surface area (Å²) in [6.45, 7) is -2.04. The van der Waals surface area contributed by atoms with Crippen molar-refractivity contribution < 1.29 is 18.3 Å². The Morgan fingerprint density at radius 3 is 2.72 bits per heavy atom. The third kappa shape index (κ3) is 4.28. The molecule has 1 aromatic carbocycles. The monoisotopic (exact) mass is 256 g/mol. The number of nitrogens with one attached hydrogen (secondary N) is 1. The maximum atomic E-state index is 12.2. The van der Waals surface area contributed by atoms with Crippen molar-refractivity contribution in [2.24, 2.45) is 0 Å². The van der Waals surface area contributed by atoms with Crippen LogP contribution < -0.4 is 10.1 Å². The lowest BCUT2D eigenvalue weighted by Crippen LogP contribution is -2.24. The first-order valence-electron chi connectivity index (χ1n) is 5.34. The van der Waals surface area contributed by atoms with Gasteiger partial charge in [0.05, 0.1) is 12.7 Å². The Morgan fingerprint density at radius 1 is 1.39 bits per heavy atom. The Bertz CT molecular complexity index is 407. The molecule has 0 saturated heterocycles. The van der Waals surface area contributed by atoms with Crippen molar-refractivity contribution in [3.63, 3.8) is 0 Å². The zero-order valence-electron chi connectivity index (χ0n) is 9.90. The van der Waals surface area contributed by atoms with Crippen molar-refractivity contribution in [3.8, 4) is 11.8 Å². The number of para-hydroxylation sites is 1. The molecule has 1 rings (SSSR count). The van der Waals surface area contributed by atoms with E-state index >= 15 is 0 Å². The molecule has 4 nitrogen and oxygen atoms in total. The molecule has 0 aliphatic rings. The Balaban J connectivity index is 2.81. The lowest BCUT2D eigenvalue weighted by Gasteiger charge is -2.15. The molecular formula is C12H14F2N2O2. The molecule has 6 heteroatoms. The highest BCUT2D eigenvalue weighted by atomic mass is 19.3. The summed E-state index contributed by atoms with van der Waals surface area (Å²) in [5, 5.41) is 11.9. The summed E-state index contributed by atoms with van der Waals surface area (Å²) in [5.41, 5.74) is 0.386. The van der Waals surface area contributed by atoms with E-state index in [0.717, 1.165) is 0 Å². The minimum absolute atomic E-state index is 0.00367. The van der Waals surface area contributed by atoms with Gasteiger partial charge in [-0.15, -0.1) is 0 Å². The van der Waals surface area contributed by atoms with Crippen molar-refractivity contribution in [1.29, 1.82) is 5.26 Å². The summed E-state index contributed by atoms with van der Waals surface area (Å²) in [6, 6.07) is 7.50. The van der Waals surface area contributed by atoms with Gasteiger partial charge < -0.3 is 9.47 Å². The van der Waals surface area contributed by atoms with E-state index in [0.29, 0.717) is 18.7 Å². The predicted molar refractivity (Wildman–Crippen MR) is 61.3 cm³/mol. The van der Waals surface area contributed by atoms with E-state index in [1.54, 1.807) is 18.2 Å². The van der Waals surface area contributed by atoms with Crippen molar-refractivity contribution >= 4 is 0 Å². The summed E-state index contributed by atoms with van der Waals surface area (Å²) < 4.78 is 33.7. The average molecular weight is 256 g/mol. The van der Waals surface area contributed by atoms with Crippen LogP contribution >= 0.6 is 0 Å². The second-order valence-electron chi connectivity index (χ2n) is 3.43. The van der Waals surface area contributed by atoms with E-state index in [2.05, 4.69) is 10.1 Å². The van der Waals surface area contributed by atoms with E-state index in [1.165, 1.54) is 13.2 Å². The molecular weight excluding hydrogens is 242 g/mol. The number of rotatable bonds is 7. The van der Waals surface area contributed by atoms with Crippen molar-refractivity contribution in [1.82, 2.24) is 5.32 Å². The highest BCUT2D eigenvalue weighted by molar-refractivity contribution is 5.38. The second kappa shape index (κ2) is 7.58. The van der Waals surface area contributed by atoms with Gasteiger partial charge in [-0.3, -0.25) is 5.32 Å². The van der Waals surface area contributed by atoms with Crippen LogP contribution in [-0.2, 0) is 4.74 Å². The Hall–Kier alpha value is -1.71. The summed E-state index contributed by atoms with van der Waals surface area (Å²) in [6.07, 6.45) is 0. The molecule has 18 heavy (non-hydrogen) atoms. The lowest BCUT2D eigenvalue weighted by molar-refractivity contribution is -0.0506. The van der Waals surface area contributed by atoms with Crippen LogP contribution in [0, 0.1) is 11.3 Å². The number of nitriles is 1. The fourth-order valence-corrected chi connectivity index (χ4v) is 1.45. The van der Waals surface area contributed by atoms with E-state index in [1.807, 2.05) is 6.07 Å². The minimum atomic E-state index is -2.91. The van der Waals surface area contributed by atoms with Crippen LogP contribution in [0.3, 0.4) is 0 Å². The third-order valence-electron chi connectivity index (χ3n) is 2.23. The highest BCUT2D eigenvalue weighted by Crippen LogP contribution is 2.26. The molecule has 0 radical (unpaired) electrons. The van der Waals surface area contributed by atoms with Gasteiger partial charge in [-0.25, -0.2) is 0 Å². The van der Waals surface area contributed by atoms with Gasteiger partial charge in [-0.1, -0.05) is 18.2 Å². The number of hydrogen-bond donors (Lipinski definition) is 1. The fourth-order valence-electron chi connectivity index (χ4n) is 1.45. The SMILES string of the molecule is COCCNC(C#N)c1ccccc1OC(F)F. The molecule has 0 aromatic heterocycles. The number of nitrogens with zero attached hydrogens (tertiary/aromatic N) is 1. The number of hydrogen-bond acceptors (Lipinski definition) is 4. The maximum absolute atomic E-state index is 12.2. The molecule has 0 saturated carbocycles. The summed E-state index contributed by atoms with van der Waals surface area (Å²) in [4.78, 5) is 0. The molecule has 98 valence electrons. The first-order chi connectivity index (χ1) is 8.69. The van der Waals surface area contributed by atoms with Crippen LogP contribution in [0.25, 0.3) is 0 Å². The van der Waals surface area contributed by atoms with E-state index in [4.69, 9.17) is 10.00 Å². The highest BCUT2D eigenvalue weighted by Gasteiger charge is 2.16.